The highest BCUT2D eigenvalue weighted by molar-refractivity contribution is 6.30. The summed E-state index contributed by atoms with van der Waals surface area (Å²) in [5.74, 6) is 0.466. The summed E-state index contributed by atoms with van der Waals surface area (Å²) in [4.78, 5) is 11.6. The predicted octanol–water partition coefficient (Wildman–Crippen LogP) is 1.08. The SMILES string of the molecule is O=C(C[C@@H]1CCOC1)NCCn1cc(Cl)cn1. The van der Waals surface area contributed by atoms with Crippen molar-refractivity contribution in [3.05, 3.63) is 17.4 Å². The molecule has 1 aliphatic rings. The number of rotatable bonds is 5. The maximum Gasteiger partial charge on any atom is 0.220 e. The summed E-state index contributed by atoms with van der Waals surface area (Å²) in [5.41, 5.74) is 0. The van der Waals surface area contributed by atoms with Crippen LogP contribution < -0.4 is 5.32 Å². The maximum atomic E-state index is 11.6. The number of hydrogen-bond acceptors (Lipinski definition) is 3. The number of nitrogens with one attached hydrogen (secondary N) is 1. The molecule has 1 aromatic rings. The van der Waals surface area contributed by atoms with Gasteiger partial charge in [0.1, 0.15) is 0 Å². The Morgan fingerprint density at radius 2 is 2.59 bits per heavy atom. The fourth-order valence-electron chi connectivity index (χ4n) is 1.85. The smallest absolute Gasteiger partial charge is 0.220 e. The molecule has 1 saturated heterocycles. The monoisotopic (exact) mass is 257 g/mol. The highest BCUT2D eigenvalue weighted by Crippen LogP contribution is 2.15. The van der Waals surface area contributed by atoms with Gasteiger partial charge in [-0.25, -0.2) is 0 Å². The lowest BCUT2D eigenvalue weighted by Gasteiger charge is -2.08. The first-order valence-corrected chi connectivity index (χ1v) is 6.14. The van der Waals surface area contributed by atoms with Gasteiger partial charge < -0.3 is 10.1 Å². The van der Waals surface area contributed by atoms with Gasteiger partial charge in [-0.1, -0.05) is 11.6 Å². The summed E-state index contributed by atoms with van der Waals surface area (Å²) in [7, 11) is 0. The van der Waals surface area contributed by atoms with Gasteiger partial charge in [-0.15, -0.1) is 0 Å². The van der Waals surface area contributed by atoms with Crippen LogP contribution in [0.1, 0.15) is 12.8 Å². The van der Waals surface area contributed by atoms with Crippen molar-refractivity contribution in [3.63, 3.8) is 0 Å². The first-order chi connectivity index (χ1) is 8.24. The molecule has 6 heteroatoms. The molecule has 1 N–H and O–H groups in total. The highest BCUT2D eigenvalue weighted by Gasteiger charge is 2.18. The van der Waals surface area contributed by atoms with Crippen LogP contribution in [0, 0.1) is 5.92 Å². The second-order valence-corrected chi connectivity index (χ2v) is 4.64. The van der Waals surface area contributed by atoms with Crippen LogP contribution in [0.3, 0.4) is 0 Å². The standard InChI is InChI=1S/C11H16ClN3O2/c12-10-6-14-15(7-10)3-2-13-11(16)5-9-1-4-17-8-9/h6-7,9H,1-5,8H2,(H,13,16)/t9-/m0/s1. The van der Waals surface area contributed by atoms with Crippen LogP contribution in [-0.4, -0.2) is 35.4 Å². The first kappa shape index (κ1) is 12.4. The van der Waals surface area contributed by atoms with Crippen molar-refractivity contribution >= 4 is 17.5 Å². The summed E-state index contributed by atoms with van der Waals surface area (Å²) < 4.78 is 6.94. The number of nitrogens with zero attached hydrogens (tertiary/aromatic N) is 2. The van der Waals surface area contributed by atoms with E-state index in [1.165, 1.54) is 0 Å². The zero-order valence-corrected chi connectivity index (χ0v) is 10.3. The van der Waals surface area contributed by atoms with Crippen LogP contribution in [0.2, 0.25) is 5.02 Å². The van der Waals surface area contributed by atoms with Crippen molar-refractivity contribution in [3.8, 4) is 0 Å². The minimum Gasteiger partial charge on any atom is -0.381 e. The molecule has 94 valence electrons. The molecule has 17 heavy (non-hydrogen) atoms. The molecule has 1 atom stereocenters. The van der Waals surface area contributed by atoms with E-state index in [1.807, 2.05) is 0 Å². The Hall–Kier alpha value is -1.07. The number of carbonyl (C=O) groups is 1. The van der Waals surface area contributed by atoms with Crippen molar-refractivity contribution in [1.82, 2.24) is 15.1 Å². The van der Waals surface area contributed by atoms with Gasteiger partial charge in [-0.2, -0.15) is 5.10 Å². The molecular weight excluding hydrogens is 242 g/mol. The largest absolute Gasteiger partial charge is 0.381 e. The molecule has 0 bridgehead atoms. The van der Waals surface area contributed by atoms with Crippen molar-refractivity contribution < 1.29 is 9.53 Å². The molecule has 1 amide bonds. The van der Waals surface area contributed by atoms with Crippen molar-refractivity contribution in [1.29, 1.82) is 0 Å². The quantitative estimate of drug-likeness (QED) is 0.859. The lowest BCUT2D eigenvalue weighted by Crippen LogP contribution is -2.29. The van der Waals surface area contributed by atoms with Gasteiger partial charge >= 0.3 is 0 Å². The molecule has 1 aromatic heterocycles. The Balaban J connectivity index is 1.62. The van der Waals surface area contributed by atoms with Crippen molar-refractivity contribution in [2.24, 2.45) is 5.92 Å². The zero-order chi connectivity index (χ0) is 12.1. The average Bonchev–Trinajstić information content (AvgIpc) is 2.90. The van der Waals surface area contributed by atoms with Gasteiger partial charge in [0.25, 0.3) is 0 Å². The topological polar surface area (TPSA) is 56.1 Å². The number of hydrogen-bond donors (Lipinski definition) is 1. The Morgan fingerprint density at radius 3 is 3.24 bits per heavy atom. The minimum atomic E-state index is 0.0822. The van der Waals surface area contributed by atoms with Crippen molar-refractivity contribution in [2.75, 3.05) is 19.8 Å². The molecule has 0 saturated carbocycles. The van der Waals surface area contributed by atoms with Gasteiger partial charge in [0.15, 0.2) is 0 Å². The molecule has 5 nitrogen and oxygen atoms in total. The Labute approximate surface area is 105 Å². The van der Waals surface area contributed by atoms with Gasteiger partial charge in [0.2, 0.25) is 5.91 Å². The van der Waals surface area contributed by atoms with E-state index in [9.17, 15) is 4.79 Å². The molecule has 1 fully saturated rings. The highest BCUT2D eigenvalue weighted by atomic mass is 35.5. The van der Waals surface area contributed by atoms with Gasteiger partial charge in [-0.3, -0.25) is 9.48 Å². The molecule has 2 rings (SSSR count). The van der Waals surface area contributed by atoms with Crippen LogP contribution in [0.4, 0.5) is 0 Å². The summed E-state index contributed by atoms with van der Waals surface area (Å²) in [5, 5.41) is 7.51. The molecular formula is C11H16ClN3O2. The maximum absolute atomic E-state index is 11.6. The van der Waals surface area contributed by atoms with Crippen molar-refractivity contribution in [2.45, 2.75) is 19.4 Å². The molecule has 1 aliphatic heterocycles. The number of amides is 1. The average molecular weight is 258 g/mol. The summed E-state index contributed by atoms with van der Waals surface area (Å²) in [6.07, 6.45) is 4.86. The van der Waals surface area contributed by atoms with E-state index in [2.05, 4.69) is 10.4 Å². The van der Waals surface area contributed by atoms with E-state index in [4.69, 9.17) is 16.3 Å². The Bertz CT molecular complexity index is 375. The molecule has 0 aliphatic carbocycles. The minimum absolute atomic E-state index is 0.0822. The fraction of sp³-hybridized carbons (Fsp3) is 0.636. The van der Waals surface area contributed by atoms with E-state index in [0.717, 1.165) is 13.0 Å². The van der Waals surface area contributed by atoms with E-state index in [-0.39, 0.29) is 5.91 Å². The molecule has 0 radical (unpaired) electrons. The molecule has 0 spiro atoms. The summed E-state index contributed by atoms with van der Waals surface area (Å²) >= 11 is 5.73. The van der Waals surface area contributed by atoms with E-state index < -0.39 is 0 Å². The van der Waals surface area contributed by atoms with E-state index in [0.29, 0.717) is 37.1 Å². The Kier molecular flexibility index (Phi) is 4.39. The third-order valence-electron chi connectivity index (χ3n) is 2.76. The van der Waals surface area contributed by atoms with Crippen LogP contribution in [0.5, 0.6) is 0 Å². The second-order valence-electron chi connectivity index (χ2n) is 4.21. The lowest BCUT2D eigenvalue weighted by atomic mass is 10.1. The summed E-state index contributed by atoms with van der Waals surface area (Å²) in [6.45, 7) is 2.70. The van der Waals surface area contributed by atoms with Gasteiger partial charge in [0, 0.05) is 32.4 Å². The van der Waals surface area contributed by atoms with Gasteiger partial charge in [-0.05, 0) is 12.3 Å². The normalized spacial score (nSPS) is 19.5. The fourth-order valence-corrected chi connectivity index (χ4v) is 2.01. The molecule has 2 heterocycles. The zero-order valence-electron chi connectivity index (χ0n) is 9.56. The number of carbonyl (C=O) groups excluding carboxylic acids is 1. The third kappa shape index (κ3) is 4.02. The lowest BCUT2D eigenvalue weighted by molar-refractivity contribution is -0.122. The number of aromatic nitrogens is 2. The van der Waals surface area contributed by atoms with Crippen LogP contribution in [-0.2, 0) is 16.1 Å². The summed E-state index contributed by atoms with van der Waals surface area (Å²) in [6, 6.07) is 0. The van der Waals surface area contributed by atoms with E-state index in [1.54, 1.807) is 17.1 Å². The van der Waals surface area contributed by atoms with Gasteiger partial charge in [0.05, 0.1) is 17.8 Å². The Morgan fingerprint density at radius 1 is 1.71 bits per heavy atom. The molecule has 0 unspecified atom stereocenters. The van der Waals surface area contributed by atoms with E-state index >= 15 is 0 Å². The second kappa shape index (κ2) is 6.02. The predicted molar refractivity (Wildman–Crippen MR) is 63.8 cm³/mol. The van der Waals surface area contributed by atoms with Crippen LogP contribution in [0.25, 0.3) is 0 Å². The number of halogens is 1. The third-order valence-corrected chi connectivity index (χ3v) is 2.96. The first-order valence-electron chi connectivity index (χ1n) is 5.76. The van der Waals surface area contributed by atoms with Crippen LogP contribution >= 0.6 is 11.6 Å². The number of ether oxygens (including phenoxy) is 1. The van der Waals surface area contributed by atoms with Crippen LogP contribution in [0.15, 0.2) is 12.4 Å². The molecule has 0 aromatic carbocycles.